The molecule has 0 saturated carbocycles. The molecule has 0 radical (unpaired) electrons. The lowest BCUT2D eigenvalue weighted by Crippen LogP contribution is -2.29. The van der Waals surface area contributed by atoms with Crippen LogP contribution in [-0.4, -0.2) is 12.4 Å². The maximum atomic E-state index is 13.5. The standard InChI is InChI=1S/C13H18BrClFN/c1-13(2,5-6-15)9-17-8-10-3-4-11(14)7-12(10)16/h3-4,7,17H,5-6,8-9H2,1-2H3. The van der Waals surface area contributed by atoms with Crippen molar-refractivity contribution in [3.63, 3.8) is 0 Å². The van der Waals surface area contributed by atoms with Crippen LogP contribution in [0.25, 0.3) is 0 Å². The van der Waals surface area contributed by atoms with Crippen LogP contribution >= 0.6 is 27.5 Å². The van der Waals surface area contributed by atoms with Crippen molar-refractivity contribution in [2.45, 2.75) is 26.8 Å². The molecule has 0 aliphatic rings. The fraction of sp³-hybridized carbons (Fsp3) is 0.538. The molecule has 0 bridgehead atoms. The van der Waals surface area contributed by atoms with Gasteiger partial charge in [0.15, 0.2) is 0 Å². The fourth-order valence-corrected chi connectivity index (χ4v) is 2.39. The summed E-state index contributed by atoms with van der Waals surface area (Å²) in [6.07, 6.45) is 0.949. The van der Waals surface area contributed by atoms with Gasteiger partial charge in [0.1, 0.15) is 5.82 Å². The highest BCUT2D eigenvalue weighted by atomic mass is 79.9. The third-order valence-electron chi connectivity index (χ3n) is 2.71. The van der Waals surface area contributed by atoms with Crippen LogP contribution in [0.2, 0.25) is 0 Å². The Labute approximate surface area is 116 Å². The average molecular weight is 323 g/mol. The molecule has 1 rings (SSSR count). The van der Waals surface area contributed by atoms with E-state index in [2.05, 4.69) is 35.1 Å². The van der Waals surface area contributed by atoms with Gasteiger partial charge in [-0.3, -0.25) is 0 Å². The minimum Gasteiger partial charge on any atom is -0.312 e. The smallest absolute Gasteiger partial charge is 0.128 e. The Bertz CT molecular complexity index is 368. The summed E-state index contributed by atoms with van der Waals surface area (Å²) in [6.45, 7) is 5.68. The van der Waals surface area contributed by atoms with E-state index in [0.29, 0.717) is 18.0 Å². The lowest BCUT2D eigenvalue weighted by atomic mass is 9.90. The van der Waals surface area contributed by atoms with Gasteiger partial charge in [-0.2, -0.15) is 0 Å². The van der Waals surface area contributed by atoms with Gasteiger partial charge in [-0.1, -0.05) is 35.8 Å². The molecule has 1 aromatic carbocycles. The number of nitrogens with one attached hydrogen (secondary N) is 1. The van der Waals surface area contributed by atoms with Crippen molar-refractivity contribution in [1.29, 1.82) is 0 Å². The van der Waals surface area contributed by atoms with Crippen LogP contribution in [-0.2, 0) is 6.54 Å². The van der Waals surface area contributed by atoms with E-state index in [9.17, 15) is 4.39 Å². The lowest BCUT2D eigenvalue weighted by Gasteiger charge is -2.24. The highest BCUT2D eigenvalue weighted by Gasteiger charge is 2.16. The van der Waals surface area contributed by atoms with Crippen LogP contribution in [0.4, 0.5) is 4.39 Å². The van der Waals surface area contributed by atoms with Crippen molar-refractivity contribution >= 4 is 27.5 Å². The van der Waals surface area contributed by atoms with E-state index < -0.39 is 0 Å². The summed E-state index contributed by atoms with van der Waals surface area (Å²) >= 11 is 8.97. The van der Waals surface area contributed by atoms with Gasteiger partial charge in [-0.25, -0.2) is 4.39 Å². The van der Waals surface area contributed by atoms with E-state index in [1.165, 1.54) is 6.07 Å². The summed E-state index contributed by atoms with van der Waals surface area (Å²) in [5.41, 5.74) is 0.836. The second-order valence-corrected chi connectivity index (χ2v) is 6.24. The van der Waals surface area contributed by atoms with Crippen LogP contribution in [0.1, 0.15) is 25.8 Å². The molecule has 0 fully saturated rings. The van der Waals surface area contributed by atoms with Gasteiger partial charge in [0, 0.05) is 29.0 Å². The normalized spacial score (nSPS) is 11.8. The number of hydrogen-bond donors (Lipinski definition) is 1. The largest absolute Gasteiger partial charge is 0.312 e. The first-order valence-electron chi connectivity index (χ1n) is 5.65. The Morgan fingerprint density at radius 1 is 1.41 bits per heavy atom. The Hall–Kier alpha value is -0.120. The third kappa shape index (κ3) is 5.36. The number of halogens is 3. The van der Waals surface area contributed by atoms with E-state index >= 15 is 0 Å². The minimum absolute atomic E-state index is 0.146. The molecule has 0 heterocycles. The van der Waals surface area contributed by atoms with E-state index in [4.69, 9.17) is 11.6 Å². The van der Waals surface area contributed by atoms with Gasteiger partial charge in [-0.15, -0.1) is 11.6 Å². The van der Waals surface area contributed by atoms with Crippen LogP contribution in [0.5, 0.6) is 0 Å². The highest BCUT2D eigenvalue weighted by molar-refractivity contribution is 9.10. The van der Waals surface area contributed by atoms with E-state index in [0.717, 1.165) is 17.4 Å². The SMILES string of the molecule is CC(C)(CCCl)CNCc1ccc(Br)cc1F. The van der Waals surface area contributed by atoms with E-state index in [-0.39, 0.29) is 11.2 Å². The maximum absolute atomic E-state index is 13.5. The average Bonchev–Trinajstić information content (AvgIpc) is 2.21. The minimum atomic E-state index is -0.179. The van der Waals surface area contributed by atoms with Crippen LogP contribution in [0.3, 0.4) is 0 Å². The van der Waals surface area contributed by atoms with Crippen molar-refractivity contribution in [1.82, 2.24) is 5.32 Å². The molecular weight excluding hydrogens is 305 g/mol. The molecule has 96 valence electrons. The van der Waals surface area contributed by atoms with Crippen LogP contribution in [0.15, 0.2) is 22.7 Å². The number of hydrogen-bond acceptors (Lipinski definition) is 1. The first kappa shape index (κ1) is 14.9. The molecule has 0 aliphatic carbocycles. The molecule has 0 atom stereocenters. The predicted molar refractivity (Wildman–Crippen MR) is 74.9 cm³/mol. The Kier molecular flexibility index (Phi) is 5.90. The number of benzene rings is 1. The van der Waals surface area contributed by atoms with Crippen molar-refractivity contribution in [2.75, 3.05) is 12.4 Å². The van der Waals surface area contributed by atoms with Crippen LogP contribution in [0, 0.1) is 11.2 Å². The predicted octanol–water partition coefficient (Wildman–Crippen LogP) is 4.33. The summed E-state index contributed by atoms with van der Waals surface area (Å²) < 4.78 is 14.3. The molecule has 1 N–H and O–H groups in total. The zero-order chi connectivity index (χ0) is 12.9. The summed E-state index contributed by atoms with van der Waals surface area (Å²) in [7, 11) is 0. The maximum Gasteiger partial charge on any atom is 0.128 e. The van der Waals surface area contributed by atoms with Crippen molar-refractivity contribution in [3.05, 3.63) is 34.1 Å². The first-order valence-corrected chi connectivity index (χ1v) is 6.98. The van der Waals surface area contributed by atoms with Crippen molar-refractivity contribution < 1.29 is 4.39 Å². The van der Waals surface area contributed by atoms with E-state index in [1.54, 1.807) is 6.07 Å². The second-order valence-electron chi connectivity index (χ2n) is 4.94. The van der Waals surface area contributed by atoms with Gasteiger partial charge < -0.3 is 5.32 Å². The van der Waals surface area contributed by atoms with Crippen molar-refractivity contribution in [3.8, 4) is 0 Å². The Morgan fingerprint density at radius 2 is 2.12 bits per heavy atom. The summed E-state index contributed by atoms with van der Waals surface area (Å²) in [4.78, 5) is 0. The molecule has 4 heteroatoms. The number of alkyl halides is 1. The van der Waals surface area contributed by atoms with Gasteiger partial charge >= 0.3 is 0 Å². The zero-order valence-corrected chi connectivity index (χ0v) is 12.5. The second kappa shape index (κ2) is 6.72. The number of rotatable bonds is 6. The molecule has 0 aromatic heterocycles. The third-order valence-corrected chi connectivity index (χ3v) is 3.39. The zero-order valence-electron chi connectivity index (χ0n) is 10.2. The molecule has 0 saturated heterocycles. The van der Waals surface area contributed by atoms with Gasteiger partial charge in [0.05, 0.1) is 0 Å². The van der Waals surface area contributed by atoms with Crippen molar-refractivity contribution in [2.24, 2.45) is 5.41 Å². The molecule has 0 unspecified atom stereocenters. The molecular formula is C13H18BrClFN. The quantitative estimate of drug-likeness (QED) is 0.769. The Morgan fingerprint density at radius 3 is 2.71 bits per heavy atom. The lowest BCUT2D eigenvalue weighted by molar-refractivity contribution is 0.328. The fourth-order valence-electron chi connectivity index (χ4n) is 1.54. The Balaban J connectivity index is 2.46. The van der Waals surface area contributed by atoms with E-state index in [1.807, 2.05) is 6.07 Å². The summed E-state index contributed by atoms with van der Waals surface area (Å²) in [6, 6.07) is 5.13. The molecule has 17 heavy (non-hydrogen) atoms. The monoisotopic (exact) mass is 321 g/mol. The highest BCUT2D eigenvalue weighted by Crippen LogP contribution is 2.20. The van der Waals surface area contributed by atoms with Gasteiger partial charge in [-0.05, 0) is 24.0 Å². The molecule has 1 nitrogen and oxygen atoms in total. The van der Waals surface area contributed by atoms with Gasteiger partial charge in [0.2, 0.25) is 0 Å². The first-order chi connectivity index (χ1) is 7.94. The molecule has 1 aromatic rings. The van der Waals surface area contributed by atoms with Crippen LogP contribution < -0.4 is 5.32 Å². The summed E-state index contributed by atoms with van der Waals surface area (Å²) in [5.74, 6) is 0.475. The van der Waals surface area contributed by atoms with Gasteiger partial charge in [0.25, 0.3) is 0 Å². The summed E-state index contributed by atoms with van der Waals surface area (Å²) in [5, 5.41) is 3.27. The molecule has 0 spiro atoms. The molecule has 0 aliphatic heterocycles. The topological polar surface area (TPSA) is 12.0 Å². The molecule has 0 amide bonds.